The summed E-state index contributed by atoms with van der Waals surface area (Å²) in [7, 11) is 1.65. The lowest BCUT2D eigenvalue weighted by molar-refractivity contribution is 0.0982. The van der Waals surface area contributed by atoms with Crippen LogP contribution in [0, 0.1) is 0 Å². The Morgan fingerprint density at radius 2 is 1.83 bits per heavy atom. The Labute approximate surface area is 184 Å². The van der Waals surface area contributed by atoms with Crippen molar-refractivity contribution < 1.29 is 9.53 Å². The van der Waals surface area contributed by atoms with Crippen molar-refractivity contribution in [2.75, 3.05) is 17.8 Å². The molecule has 6 heteroatoms. The molecule has 0 spiro atoms. The third-order valence-corrected chi connectivity index (χ3v) is 6.66. The van der Waals surface area contributed by atoms with Crippen LogP contribution in [0.25, 0.3) is 10.2 Å². The van der Waals surface area contributed by atoms with Crippen LogP contribution in [-0.4, -0.2) is 23.8 Å². The number of anilines is 1. The molecule has 4 nitrogen and oxygen atoms in total. The van der Waals surface area contributed by atoms with Crippen LogP contribution in [0.3, 0.4) is 0 Å². The van der Waals surface area contributed by atoms with E-state index in [9.17, 15) is 4.79 Å². The minimum atomic E-state index is -0.0403. The number of aromatic nitrogens is 1. The number of benzene rings is 3. The number of carbonyl (C=O) groups is 1. The minimum absolute atomic E-state index is 0.0403. The lowest BCUT2D eigenvalue weighted by atomic mass is 10.1. The van der Waals surface area contributed by atoms with Crippen molar-refractivity contribution in [2.45, 2.75) is 18.4 Å². The number of ether oxygens (including phenoxy) is 1. The van der Waals surface area contributed by atoms with Crippen molar-refractivity contribution in [2.24, 2.45) is 0 Å². The molecule has 0 aliphatic heterocycles. The molecule has 0 saturated carbocycles. The average molecular weight is 435 g/mol. The molecule has 30 heavy (non-hydrogen) atoms. The van der Waals surface area contributed by atoms with Gasteiger partial charge in [-0.05, 0) is 41.6 Å². The van der Waals surface area contributed by atoms with Gasteiger partial charge in [0.25, 0.3) is 5.91 Å². The Bertz CT molecular complexity index is 1160. The van der Waals surface area contributed by atoms with Crippen LogP contribution in [-0.2, 0) is 6.54 Å². The fourth-order valence-corrected chi connectivity index (χ4v) is 4.99. The van der Waals surface area contributed by atoms with E-state index in [1.807, 2.05) is 72.8 Å². The van der Waals surface area contributed by atoms with Crippen molar-refractivity contribution in [3.63, 3.8) is 0 Å². The Balaban J connectivity index is 1.78. The summed E-state index contributed by atoms with van der Waals surface area (Å²) in [5.74, 6) is 1.65. The quantitative estimate of drug-likeness (QED) is 0.322. The highest BCUT2D eigenvalue weighted by Crippen LogP contribution is 2.34. The summed E-state index contributed by atoms with van der Waals surface area (Å²) in [6, 6.07) is 23.6. The van der Waals surface area contributed by atoms with Gasteiger partial charge in [0.05, 0.1) is 29.4 Å². The predicted octanol–water partition coefficient (Wildman–Crippen LogP) is 6.26. The molecule has 0 fully saturated rings. The van der Waals surface area contributed by atoms with E-state index in [0.717, 1.165) is 32.2 Å². The molecule has 1 heterocycles. The first kappa shape index (κ1) is 20.4. The van der Waals surface area contributed by atoms with Gasteiger partial charge in [0, 0.05) is 4.90 Å². The predicted molar refractivity (Wildman–Crippen MR) is 126 cm³/mol. The maximum Gasteiger partial charge on any atom is 0.261 e. The topological polar surface area (TPSA) is 42.4 Å². The van der Waals surface area contributed by atoms with E-state index < -0.39 is 0 Å². The third-order valence-electron chi connectivity index (χ3n) is 4.66. The Morgan fingerprint density at radius 1 is 1.07 bits per heavy atom. The van der Waals surface area contributed by atoms with Crippen LogP contribution in [0.4, 0.5) is 5.13 Å². The molecular formula is C24H22N2O2S2. The smallest absolute Gasteiger partial charge is 0.261 e. The minimum Gasteiger partial charge on any atom is -0.497 e. The number of thiazole rings is 1. The fourth-order valence-electron chi connectivity index (χ4n) is 3.20. The van der Waals surface area contributed by atoms with E-state index in [-0.39, 0.29) is 5.91 Å². The number of hydrogen-bond donors (Lipinski definition) is 0. The molecular weight excluding hydrogens is 412 g/mol. The van der Waals surface area contributed by atoms with Crippen molar-refractivity contribution >= 4 is 44.4 Å². The van der Waals surface area contributed by atoms with Gasteiger partial charge in [-0.1, -0.05) is 60.7 Å². The number of thioether (sulfide) groups is 1. The Morgan fingerprint density at radius 3 is 2.60 bits per heavy atom. The van der Waals surface area contributed by atoms with E-state index in [1.165, 1.54) is 11.3 Å². The van der Waals surface area contributed by atoms with Gasteiger partial charge in [0.1, 0.15) is 5.75 Å². The van der Waals surface area contributed by atoms with Gasteiger partial charge in [-0.15, -0.1) is 11.8 Å². The first-order valence-corrected chi connectivity index (χ1v) is 11.5. The molecule has 0 bridgehead atoms. The van der Waals surface area contributed by atoms with Crippen LogP contribution < -0.4 is 9.64 Å². The second kappa shape index (κ2) is 9.32. The molecule has 4 rings (SSSR count). The zero-order valence-electron chi connectivity index (χ0n) is 16.9. The van der Waals surface area contributed by atoms with Crippen molar-refractivity contribution in [3.8, 4) is 5.75 Å². The first-order valence-electron chi connectivity index (χ1n) is 9.71. The maximum absolute atomic E-state index is 13.7. The largest absolute Gasteiger partial charge is 0.497 e. The number of rotatable bonds is 7. The number of methoxy groups -OCH3 is 1. The number of carbonyl (C=O) groups excluding carboxylic acids is 1. The second-order valence-electron chi connectivity index (χ2n) is 6.64. The van der Waals surface area contributed by atoms with Gasteiger partial charge in [-0.2, -0.15) is 0 Å². The van der Waals surface area contributed by atoms with Crippen LogP contribution in [0.15, 0.2) is 77.7 Å². The molecule has 152 valence electrons. The number of fused-ring (bicyclic) bond motifs is 1. The van der Waals surface area contributed by atoms with E-state index in [2.05, 4.69) is 6.92 Å². The van der Waals surface area contributed by atoms with Gasteiger partial charge in [-0.25, -0.2) is 4.98 Å². The summed E-state index contributed by atoms with van der Waals surface area (Å²) in [4.78, 5) is 21.2. The average Bonchev–Trinajstić information content (AvgIpc) is 3.21. The lowest BCUT2D eigenvalue weighted by Crippen LogP contribution is -2.30. The molecule has 4 aromatic rings. The molecule has 0 aliphatic rings. The van der Waals surface area contributed by atoms with Gasteiger partial charge in [-0.3, -0.25) is 9.69 Å². The van der Waals surface area contributed by atoms with Crippen molar-refractivity contribution in [1.82, 2.24) is 4.98 Å². The van der Waals surface area contributed by atoms with E-state index in [0.29, 0.717) is 17.2 Å². The summed E-state index contributed by atoms with van der Waals surface area (Å²) >= 11 is 3.18. The van der Waals surface area contributed by atoms with Gasteiger partial charge < -0.3 is 4.74 Å². The van der Waals surface area contributed by atoms with E-state index >= 15 is 0 Å². The zero-order valence-corrected chi connectivity index (χ0v) is 18.5. The first-order chi connectivity index (χ1) is 14.7. The molecule has 1 amide bonds. The molecule has 0 atom stereocenters. The normalized spacial score (nSPS) is 10.9. The molecule has 0 N–H and O–H groups in total. The summed E-state index contributed by atoms with van der Waals surface area (Å²) in [5, 5.41) is 0.684. The lowest BCUT2D eigenvalue weighted by Gasteiger charge is -2.21. The summed E-state index contributed by atoms with van der Waals surface area (Å²) < 4.78 is 6.33. The van der Waals surface area contributed by atoms with Crippen LogP contribution in [0.5, 0.6) is 5.75 Å². The number of nitrogens with zero attached hydrogens (tertiary/aromatic N) is 2. The number of hydrogen-bond acceptors (Lipinski definition) is 5. The maximum atomic E-state index is 13.7. The molecule has 3 aromatic carbocycles. The standard InChI is InChI=1S/C24H22N2O2S2/c1-3-29-21-12-8-7-11-19(21)23(27)26(16-17-9-5-4-6-10-17)24-25-20-14-13-18(28-2)15-22(20)30-24/h4-15H,3,16H2,1-2H3. The van der Waals surface area contributed by atoms with E-state index in [1.54, 1.807) is 23.8 Å². The van der Waals surface area contributed by atoms with Crippen LogP contribution in [0.2, 0.25) is 0 Å². The van der Waals surface area contributed by atoms with E-state index in [4.69, 9.17) is 9.72 Å². The summed E-state index contributed by atoms with van der Waals surface area (Å²) in [6.07, 6.45) is 0. The van der Waals surface area contributed by atoms with Gasteiger partial charge in [0.15, 0.2) is 5.13 Å². The van der Waals surface area contributed by atoms with Crippen molar-refractivity contribution in [3.05, 3.63) is 83.9 Å². The van der Waals surface area contributed by atoms with Crippen LogP contribution in [0.1, 0.15) is 22.8 Å². The fraction of sp³-hybridized carbons (Fsp3) is 0.167. The third kappa shape index (κ3) is 4.35. The highest BCUT2D eigenvalue weighted by molar-refractivity contribution is 7.99. The Hall–Kier alpha value is -2.83. The van der Waals surface area contributed by atoms with Gasteiger partial charge >= 0.3 is 0 Å². The molecule has 0 unspecified atom stereocenters. The Kier molecular flexibility index (Phi) is 6.35. The molecule has 0 aliphatic carbocycles. The number of amides is 1. The zero-order chi connectivity index (χ0) is 20.9. The van der Waals surface area contributed by atoms with Gasteiger partial charge in [0.2, 0.25) is 0 Å². The second-order valence-corrected chi connectivity index (χ2v) is 8.95. The van der Waals surface area contributed by atoms with Crippen molar-refractivity contribution in [1.29, 1.82) is 0 Å². The highest BCUT2D eigenvalue weighted by atomic mass is 32.2. The highest BCUT2D eigenvalue weighted by Gasteiger charge is 2.24. The summed E-state index contributed by atoms with van der Waals surface area (Å²) in [6.45, 7) is 2.55. The molecule has 0 saturated heterocycles. The van der Waals surface area contributed by atoms with Crippen LogP contribution >= 0.6 is 23.1 Å². The monoisotopic (exact) mass is 434 g/mol. The molecule has 0 radical (unpaired) electrons. The molecule has 1 aromatic heterocycles. The SMILES string of the molecule is CCSc1ccccc1C(=O)N(Cc1ccccc1)c1nc2ccc(OC)cc2s1. The summed E-state index contributed by atoms with van der Waals surface area (Å²) in [5.41, 5.74) is 2.62.